The summed E-state index contributed by atoms with van der Waals surface area (Å²) in [5.41, 5.74) is 1.04. The number of likely N-dealkylation sites (tertiary alicyclic amines) is 1. The molecule has 22 heavy (non-hydrogen) atoms. The minimum atomic E-state index is -0.158. The molecule has 0 unspecified atom stereocenters. The third-order valence-corrected chi connectivity index (χ3v) is 4.60. The molecular weight excluding hydrogens is 277 g/mol. The molecule has 3 rings (SSSR count). The van der Waals surface area contributed by atoms with Gasteiger partial charge >= 0.3 is 0 Å². The largest absolute Gasteiger partial charge is 0.334 e. The van der Waals surface area contributed by atoms with Crippen LogP contribution in [-0.2, 0) is 13.0 Å². The predicted molar refractivity (Wildman–Crippen MR) is 86.4 cm³/mol. The molecule has 0 spiro atoms. The van der Waals surface area contributed by atoms with E-state index in [1.165, 1.54) is 31.3 Å². The van der Waals surface area contributed by atoms with Crippen LogP contribution in [0.3, 0.4) is 0 Å². The molecule has 0 aliphatic carbocycles. The first-order valence-corrected chi connectivity index (χ1v) is 8.24. The highest BCUT2D eigenvalue weighted by Crippen LogP contribution is 2.25. The SMILES string of the molecule is CCN1CCC[C@@H](c2nccn2CCc2cccc(F)c2)C1. The van der Waals surface area contributed by atoms with Gasteiger partial charge in [0, 0.05) is 31.4 Å². The van der Waals surface area contributed by atoms with Crippen LogP contribution in [0.2, 0.25) is 0 Å². The van der Waals surface area contributed by atoms with Gasteiger partial charge in [0.25, 0.3) is 0 Å². The van der Waals surface area contributed by atoms with Gasteiger partial charge in [0.05, 0.1) is 0 Å². The number of aromatic nitrogens is 2. The smallest absolute Gasteiger partial charge is 0.123 e. The average molecular weight is 301 g/mol. The molecule has 1 aromatic carbocycles. The van der Waals surface area contributed by atoms with Crippen LogP contribution in [0, 0.1) is 5.82 Å². The molecule has 1 aromatic heterocycles. The van der Waals surface area contributed by atoms with Crippen molar-refractivity contribution in [3.8, 4) is 0 Å². The van der Waals surface area contributed by atoms with Gasteiger partial charge in [-0.15, -0.1) is 0 Å². The van der Waals surface area contributed by atoms with Gasteiger partial charge in [-0.25, -0.2) is 9.37 Å². The van der Waals surface area contributed by atoms with E-state index >= 15 is 0 Å². The van der Waals surface area contributed by atoms with Gasteiger partial charge in [0.1, 0.15) is 11.6 Å². The summed E-state index contributed by atoms with van der Waals surface area (Å²) in [5, 5.41) is 0. The topological polar surface area (TPSA) is 21.1 Å². The molecule has 2 aromatic rings. The van der Waals surface area contributed by atoms with E-state index in [-0.39, 0.29) is 5.82 Å². The lowest BCUT2D eigenvalue weighted by Crippen LogP contribution is -2.35. The standard InChI is InChI=1S/C18H24FN3/c1-2-21-10-4-6-16(14-21)18-20-9-12-22(18)11-8-15-5-3-7-17(19)13-15/h3,5,7,9,12-13,16H,2,4,6,8,10-11,14H2,1H3/t16-/m1/s1. The molecular formula is C18H24FN3. The summed E-state index contributed by atoms with van der Waals surface area (Å²) in [6.07, 6.45) is 7.25. The lowest BCUT2D eigenvalue weighted by molar-refractivity contribution is 0.211. The number of piperidine rings is 1. The second kappa shape index (κ2) is 7.05. The third-order valence-electron chi connectivity index (χ3n) is 4.60. The monoisotopic (exact) mass is 301 g/mol. The lowest BCUT2D eigenvalue weighted by atomic mass is 9.97. The first-order valence-electron chi connectivity index (χ1n) is 8.24. The Morgan fingerprint density at radius 2 is 2.27 bits per heavy atom. The Bertz CT molecular complexity index is 608. The number of benzene rings is 1. The van der Waals surface area contributed by atoms with Crippen molar-refractivity contribution >= 4 is 0 Å². The van der Waals surface area contributed by atoms with Crippen molar-refractivity contribution in [2.24, 2.45) is 0 Å². The Hall–Kier alpha value is -1.68. The van der Waals surface area contributed by atoms with E-state index in [0.717, 1.165) is 31.6 Å². The number of aryl methyl sites for hydroxylation is 2. The Morgan fingerprint density at radius 1 is 1.36 bits per heavy atom. The summed E-state index contributed by atoms with van der Waals surface area (Å²) in [6.45, 7) is 6.51. The quantitative estimate of drug-likeness (QED) is 0.843. The fraction of sp³-hybridized carbons (Fsp3) is 0.500. The molecule has 1 atom stereocenters. The molecule has 0 saturated carbocycles. The first kappa shape index (κ1) is 15.2. The van der Waals surface area contributed by atoms with Crippen LogP contribution < -0.4 is 0 Å². The van der Waals surface area contributed by atoms with E-state index in [1.807, 2.05) is 12.3 Å². The van der Waals surface area contributed by atoms with E-state index in [9.17, 15) is 4.39 Å². The van der Waals surface area contributed by atoms with Gasteiger partial charge in [-0.05, 0) is 50.0 Å². The fourth-order valence-corrected chi connectivity index (χ4v) is 3.37. The molecule has 1 aliphatic heterocycles. The number of likely N-dealkylation sites (N-methyl/N-ethyl adjacent to an activating group) is 1. The highest BCUT2D eigenvalue weighted by molar-refractivity contribution is 5.16. The van der Waals surface area contributed by atoms with Gasteiger partial charge in [0.15, 0.2) is 0 Å². The Kier molecular flexibility index (Phi) is 4.88. The molecule has 118 valence electrons. The summed E-state index contributed by atoms with van der Waals surface area (Å²) >= 11 is 0. The first-order chi connectivity index (χ1) is 10.8. The zero-order chi connectivity index (χ0) is 15.4. The van der Waals surface area contributed by atoms with Crippen molar-refractivity contribution in [1.82, 2.24) is 14.5 Å². The van der Waals surface area contributed by atoms with Gasteiger partial charge in [-0.2, -0.15) is 0 Å². The second-order valence-electron chi connectivity index (χ2n) is 6.09. The normalized spacial score (nSPS) is 19.5. The predicted octanol–water partition coefficient (Wildman–Crippen LogP) is 3.46. The number of nitrogens with zero attached hydrogens (tertiary/aromatic N) is 3. The van der Waals surface area contributed by atoms with E-state index in [4.69, 9.17) is 0 Å². The van der Waals surface area contributed by atoms with Crippen LogP contribution in [0.25, 0.3) is 0 Å². The molecule has 1 aliphatic rings. The zero-order valence-electron chi connectivity index (χ0n) is 13.2. The summed E-state index contributed by atoms with van der Waals surface area (Å²) in [4.78, 5) is 7.10. The molecule has 0 radical (unpaired) electrons. The van der Waals surface area contributed by atoms with E-state index in [2.05, 4.69) is 27.6 Å². The molecule has 0 bridgehead atoms. The van der Waals surface area contributed by atoms with E-state index in [0.29, 0.717) is 5.92 Å². The van der Waals surface area contributed by atoms with Gasteiger partial charge < -0.3 is 9.47 Å². The molecule has 0 amide bonds. The van der Waals surface area contributed by atoms with Crippen LogP contribution in [0.15, 0.2) is 36.7 Å². The van der Waals surface area contributed by atoms with Crippen LogP contribution in [0.5, 0.6) is 0 Å². The van der Waals surface area contributed by atoms with Crippen molar-refractivity contribution in [3.63, 3.8) is 0 Å². The van der Waals surface area contributed by atoms with Gasteiger partial charge in [-0.3, -0.25) is 0 Å². The Morgan fingerprint density at radius 3 is 3.09 bits per heavy atom. The summed E-state index contributed by atoms with van der Waals surface area (Å²) in [5.74, 6) is 1.56. The van der Waals surface area contributed by atoms with Crippen LogP contribution >= 0.6 is 0 Å². The minimum Gasteiger partial charge on any atom is -0.334 e. The van der Waals surface area contributed by atoms with E-state index in [1.54, 1.807) is 12.1 Å². The molecule has 1 saturated heterocycles. The van der Waals surface area contributed by atoms with Crippen LogP contribution in [0.1, 0.15) is 37.1 Å². The maximum absolute atomic E-state index is 13.3. The highest BCUT2D eigenvalue weighted by atomic mass is 19.1. The van der Waals surface area contributed by atoms with Crippen molar-refractivity contribution in [1.29, 1.82) is 0 Å². The summed E-state index contributed by atoms with van der Waals surface area (Å²) in [7, 11) is 0. The Balaban J connectivity index is 1.67. The van der Waals surface area contributed by atoms with E-state index < -0.39 is 0 Å². The number of imidazole rings is 1. The van der Waals surface area contributed by atoms with Crippen molar-refractivity contribution < 1.29 is 4.39 Å². The molecule has 3 nitrogen and oxygen atoms in total. The molecule has 0 N–H and O–H groups in total. The second-order valence-corrected chi connectivity index (χ2v) is 6.09. The van der Waals surface area contributed by atoms with Gasteiger partial charge in [0.2, 0.25) is 0 Å². The Labute approximate surface area is 131 Å². The molecule has 1 fully saturated rings. The minimum absolute atomic E-state index is 0.158. The lowest BCUT2D eigenvalue weighted by Gasteiger charge is -2.31. The number of hydrogen-bond donors (Lipinski definition) is 0. The average Bonchev–Trinajstić information content (AvgIpc) is 3.01. The summed E-state index contributed by atoms with van der Waals surface area (Å²) in [6, 6.07) is 6.88. The third kappa shape index (κ3) is 3.55. The maximum atomic E-state index is 13.3. The molecule has 2 heterocycles. The highest BCUT2D eigenvalue weighted by Gasteiger charge is 2.23. The number of rotatable bonds is 5. The molecule has 4 heteroatoms. The van der Waals surface area contributed by atoms with Crippen LogP contribution in [0.4, 0.5) is 4.39 Å². The van der Waals surface area contributed by atoms with Crippen molar-refractivity contribution in [3.05, 3.63) is 53.9 Å². The zero-order valence-corrected chi connectivity index (χ0v) is 13.2. The maximum Gasteiger partial charge on any atom is 0.123 e. The van der Waals surface area contributed by atoms with Crippen molar-refractivity contribution in [2.75, 3.05) is 19.6 Å². The van der Waals surface area contributed by atoms with Gasteiger partial charge in [-0.1, -0.05) is 19.1 Å². The van der Waals surface area contributed by atoms with Crippen molar-refractivity contribution in [2.45, 2.75) is 38.6 Å². The summed E-state index contributed by atoms with van der Waals surface area (Å²) < 4.78 is 15.5. The van der Waals surface area contributed by atoms with Crippen LogP contribution in [-0.4, -0.2) is 34.1 Å². The number of hydrogen-bond acceptors (Lipinski definition) is 2. The fourth-order valence-electron chi connectivity index (χ4n) is 3.37. The number of halogens is 1.